The Hall–Kier alpha value is -1.36. The first-order chi connectivity index (χ1) is 7.77. The maximum Gasteiger partial charge on any atom is 0.222 e. The minimum absolute atomic E-state index is 0.0887. The van der Waals surface area contributed by atoms with E-state index in [2.05, 4.69) is 14.9 Å². The second kappa shape index (κ2) is 3.59. The number of imidazole rings is 1. The van der Waals surface area contributed by atoms with Gasteiger partial charge in [-0.2, -0.15) is 0 Å². The zero-order chi connectivity index (χ0) is 11.1. The van der Waals surface area contributed by atoms with Gasteiger partial charge in [0.25, 0.3) is 0 Å². The van der Waals surface area contributed by atoms with Gasteiger partial charge in [-0.15, -0.1) is 0 Å². The van der Waals surface area contributed by atoms with E-state index < -0.39 is 0 Å². The molecule has 1 aromatic rings. The largest absolute Gasteiger partial charge is 0.369 e. The molecule has 1 saturated heterocycles. The molecule has 0 radical (unpaired) electrons. The summed E-state index contributed by atoms with van der Waals surface area (Å²) >= 11 is 0. The van der Waals surface area contributed by atoms with Gasteiger partial charge in [-0.3, -0.25) is 4.79 Å². The first kappa shape index (κ1) is 9.84. The summed E-state index contributed by atoms with van der Waals surface area (Å²) in [6.45, 7) is 1.52. The average molecular weight is 220 g/mol. The maximum atomic E-state index is 11.4. The van der Waals surface area contributed by atoms with Crippen molar-refractivity contribution < 1.29 is 4.79 Å². The van der Waals surface area contributed by atoms with Gasteiger partial charge in [0, 0.05) is 36.9 Å². The van der Waals surface area contributed by atoms with Crippen molar-refractivity contribution in [2.24, 2.45) is 11.7 Å². The van der Waals surface area contributed by atoms with E-state index >= 15 is 0 Å². The van der Waals surface area contributed by atoms with Crippen LogP contribution >= 0.6 is 0 Å². The molecule has 0 bridgehead atoms. The molecule has 2 atom stereocenters. The highest BCUT2D eigenvalue weighted by Gasteiger charge is 2.36. The smallest absolute Gasteiger partial charge is 0.222 e. The molecule has 1 saturated carbocycles. The summed E-state index contributed by atoms with van der Waals surface area (Å²) in [4.78, 5) is 15.6. The molecule has 1 aromatic heterocycles. The summed E-state index contributed by atoms with van der Waals surface area (Å²) in [7, 11) is 0. The lowest BCUT2D eigenvalue weighted by molar-refractivity contribution is -0.121. The Morgan fingerprint density at radius 3 is 3.00 bits per heavy atom. The van der Waals surface area contributed by atoms with Crippen molar-refractivity contribution in [3.05, 3.63) is 18.2 Å². The lowest BCUT2D eigenvalue weighted by Crippen LogP contribution is -2.29. The van der Waals surface area contributed by atoms with Crippen LogP contribution in [0.5, 0.6) is 0 Å². The molecule has 0 spiro atoms. The van der Waals surface area contributed by atoms with Gasteiger partial charge in [-0.1, -0.05) is 0 Å². The molecule has 2 heterocycles. The lowest BCUT2D eigenvalue weighted by Gasteiger charge is -2.17. The van der Waals surface area contributed by atoms with Gasteiger partial charge in [0.05, 0.1) is 12.2 Å². The van der Waals surface area contributed by atoms with Crippen LogP contribution in [0.2, 0.25) is 0 Å². The van der Waals surface area contributed by atoms with Gasteiger partial charge >= 0.3 is 0 Å². The maximum absolute atomic E-state index is 11.4. The van der Waals surface area contributed by atoms with Gasteiger partial charge in [-0.25, -0.2) is 4.98 Å². The number of aromatic nitrogens is 2. The Morgan fingerprint density at radius 1 is 1.50 bits per heavy atom. The quantitative estimate of drug-likeness (QED) is 0.753. The van der Waals surface area contributed by atoms with Crippen molar-refractivity contribution in [1.82, 2.24) is 14.9 Å². The third-order valence-electron chi connectivity index (χ3n) is 3.60. The Balaban J connectivity index is 1.90. The topological polar surface area (TPSA) is 72.9 Å². The molecule has 2 unspecified atom stereocenters. The highest BCUT2D eigenvalue weighted by Crippen LogP contribution is 2.39. The van der Waals surface area contributed by atoms with Crippen LogP contribution in [-0.4, -0.2) is 28.5 Å². The van der Waals surface area contributed by atoms with E-state index in [0.717, 1.165) is 12.2 Å². The number of nitrogens with one attached hydrogen (secondary N) is 1. The number of primary amides is 1. The molecule has 3 N–H and O–H groups in total. The second-order valence-electron chi connectivity index (χ2n) is 4.73. The molecule has 2 fully saturated rings. The first-order valence-corrected chi connectivity index (χ1v) is 5.79. The van der Waals surface area contributed by atoms with Crippen LogP contribution in [-0.2, 0) is 4.79 Å². The zero-order valence-corrected chi connectivity index (χ0v) is 9.10. The molecule has 0 aromatic carbocycles. The lowest BCUT2D eigenvalue weighted by atomic mass is 9.92. The predicted octanol–water partition coefficient (Wildman–Crippen LogP) is 0.00630. The number of nitrogens with zero attached hydrogens (tertiary/aromatic N) is 2. The van der Waals surface area contributed by atoms with E-state index in [1.165, 1.54) is 12.8 Å². The Morgan fingerprint density at radius 2 is 2.31 bits per heavy atom. The van der Waals surface area contributed by atoms with Crippen LogP contribution in [0.15, 0.2) is 12.5 Å². The number of hydrogen-bond donors (Lipinski definition) is 2. The molecule has 16 heavy (non-hydrogen) atoms. The fourth-order valence-corrected chi connectivity index (χ4v) is 2.55. The first-order valence-electron chi connectivity index (χ1n) is 5.79. The SMILES string of the molecule is NC(=O)C1CNCC1c1cncn1C1CC1. The second-order valence-corrected chi connectivity index (χ2v) is 4.73. The number of amides is 1. The average Bonchev–Trinajstić information content (AvgIpc) is 2.82. The van der Waals surface area contributed by atoms with Crippen LogP contribution < -0.4 is 11.1 Å². The van der Waals surface area contributed by atoms with Gasteiger partial charge < -0.3 is 15.6 Å². The predicted molar refractivity (Wildman–Crippen MR) is 58.8 cm³/mol. The van der Waals surface area contributed by atoms with Crippen molar-refractivity contribution in [2.75, 3.05) is 13.1 Å². The molecule has 5 nitrogen and oxygen atoms in total. The summed E-state index contributed by atoms with van der Waals surface area (Å²) in [6, 6.07) is 0.603. The molecule has 1 amide bonds. The van der Waals surface area contributed by atoms with E-state index in [0.29, 0.717) is 12.6 Å². The van der Waals surface area contributed by atoms with E-state index in [-0.39, 0.29) is 17.7 Å². The third kappa shape index (κ3) is 1.51. The van der Waals surface area contributed by atoms with Crippen LogP contribution in [0.4, 0.5) is 0 Å². The standard InChI is InChI=1S/C11H16N4O/c12-11(16)9-4-13-3-8(9)10-5-14-6-15(10)7-1-2-7/h5-9,13H,1-4H2,(H2,12,16). The van der Waals surface area contributed by atoms with Crippen LogP contribution in [0, 0.1) is 5.92 Å². The Bertz CT molecular complexity index is 410. The number of nitrogens with two attached hydrogens (primary N) is 1. The third-order valence-corrected chi connectivity index (χ3v) is 3.60. The summed E-state index contributed by atoms with van der Waals surface area (Å²) in [6.07, 6.45) is 6.21. The van der Waals surface area contributed by atoms with Crippen LogP contribution in [0.3, 0.4) is 0 Å². The van der Waals surface area contributed by atoms with E-state index in [9.17, 15) is 4.79 Å². The summed E-state index contributed by atoms with van der Waals surface area (Å²) in [5, 5.41) is 3.24. The van der Waals surface area contributed by atoms with E-state index in [4.69, 9.17) is 5.73 Å². The highest BCUT2D eigenvalue weighted by molar-refractivity contribution is 5.78. The Labute approximate surface area is 94.0 Å². The van der Waals surface area contributed by atoms with E-state index in [1.807, 2.05) is 12.5 Å². The van der Waals surface area contributed by atoms with Gasteiger partial charge in [-0.05, 0) is 12.8 Å². The molecule has 2 aliphatic rings. The van der Waals surface area contributed by atoms with Gasteiger partial charge in [0.2, 0.25) is 5.91 Å². The molecule has 1 aliphatic carbocycles. The number of rotatable bonds is 3. The molecule has 1 aliphatic heterocycles. The summed E-state index contributed by atoms with van der Waals surface area (Å²) in [5.74, 6) is -0.103. The normalized spacial score (nSPS) is 29.5. The molecular formula is C11H16N4O. The van der Waals surface area contributed by atoms with Gasteiger partial charge in [0.1, 0.15) is 0 Å². The van der Waals surface area contributed by atoms with Crippen molar-refractivity contribution in [1.29, 1.82) is 0 Å². The molecule has 5 heteroatoms. The van der Waals surface area contributed by atoms with Crippen molar-refractivity contribution in [3.8, 4) is 0 Å². The molecular weight excluding hydrogens is 204 g/mol. The zero-order valence-electron chi connectivity index (χ0n) is 9.10. The number of hydrogen-bond acceptors (Lipinski definition) is 3. The number of carbonyl (C=O) groups excluding carboxylic acids is 1. The summed E-state index contributed by atoms with van der Waals surface area (Å²) in [5.41, 5.74) is 6.59. The van der Waals surface area contributed by atoms with Crippen molar-refractivity contribution in [3.63, 3.8) is 0 Å². The van der Waals surface area contributed by atoms with E-state index in [1.54, 1.807) is 0 Å². The summed E-state index contributed by atoms with van der Waals surface area (Å²) < 4.78 is 2.22. The van der Waals surface area contributed by atoms with Gasteiger partial charge in [0.15, 0.2) is 0 Å². The fourth-order valence-electron chi connectivity index (χ4n) is 2.55. The fraction of sp³-hybridized carbons (Fsp3) is 0.636. The minimum atomic E-state index is -0.210. The highest BCUT2D eigenvalue weighted by atomic mass is 16.1. The van der Waals surface area contributed by atoms with Crippen molar-refractivity contribution in [2.45, 2.75) is 24.8 Å². The Kier molecular flexibility index (Phi) is 2.21. The minimum Gasteiger partial charge on any atom is -0.369 e. The monoisotopic (exact) mass is 220 g/mol. The van der Waals surface area contributed by atoms with Crippen LogP contribution in [0.25, 0.3) is 0 Å². The van der Waals surface area contributed by atoms with Crippen LogP contribution in [0.1, 0.15) is 30.5 Å². The number of carbonyl (C=O) groups is 1. The molecule has 86 valence electrons. The molecule has 3 rings (SSSR count). The van der Waals surface area contributed by atoms with Crippen molar-refractivity contribution >= 4 is 5.91 Å².